The molecule has 0 fully saturated rings. The first-order valence-electron chi connectivity index (χ1n) is 12.9. The molecule has 204 valence electrons. The monoisotopic (exact) mass is 544 g/mol. The third-order valence-electron chi connectivity index (χ3n) is 6.45. The topological polar surface area (TPSA) is 124 Å². The lowest BCUT2D eigenvalue weighted by molar-refractivity contribution is 0.416. The van der Waals surface area contributed by atoms with Gasteiger partial charge in [0.15, 0.2) is 5.75 Å². The van der Waals surface area contributed by atoms with Crippen LogP contribution in [-0.4, -0.2) is 17.3 Å². The second kappa shape index (κ2) is 11.7. The summed E-state index contributed by atoms with van der Waals surface area (Å²) in [4.78, 5) is 0. The summed E-state index contributed by atoms with van der Waals surface area (Å²) in [7, 11) is 1.56. The van der Waals surface area contributed by atoms with Gasteiger partial charge in [-0.05, 0) is 104 Å². The number of phenolic OH excluding ortho intramolecular Hbond substituents is 2. The van der Waals surface area contributed by atoms with Gasteiger partial charge in [0.1, 0.15) is 22.9 Å². The fourth-order valence-corrected chi connectivity index (χ4v) is 4.16. The van der Waals surface area contributed by atoms with E-state index >= 15 is 0 Å². The van der Waals surface area contributed by atoms with Crippen LogP contribution in [0.15, 0.2) is 116 Å². The van der Waals surface area contributed by atoms with Crippen molar-refractivity contribution < 1.29 is 14.9 Å². The first-order chi connectivity index (χ1) is 19.8. The number of aryl methyl sites for hydroxylation is 3. The van der Waals surface area contributed by atoms with Gasteiger partial charge in [0.2, 0.25) is 0 Å². The Labute approximate surface area is 237 Å². The minimum absolute atomic E-state index is 0.0185. The molecule has 9 heteroatoms. The van der Waals surface area contributed by atoms with Crippen LogP contribution in [0.3, 0.4) is 0 Å². The van der Waals surface area contributed by atoms with Crippen LogP contribution in [0, 0.1) is 20.8 Å². The summed E-state index contributed by atoms with van der Waals surface area (Å²) in [5.74, 6) is 0.670. The number of aromatic hydroxyl groups is 2. The first-order valence-corrected chi connectivity index (χ1v) is 12.9. The minimum atomic E-state index is 0.0185. The maximum atomic E-state index is 11.1. The van der Waals surface area contributed by atoms with Gasteiger partial charge in [0, 0.05) is 11.5 Å². The highest BCUT2D eigenvalue weighted by atomic mass is 16.5. The fourth-order valence-electron chi connectivity index (χ4n) is 4.16. The number of fused-ring (bicyclic) bond motifs is 1. The predicted octanol–water partition coefficient (Wildman–Crippen LogP) is 10.4. The number of hydrogen-bond donors (Lipinski definition) is 2. The molecule has 9 nitrogen and oxygen atoms in total. The van der Waals surface area contributed by atoms with E-state index in [0.29, 0.717) is 39.6 Å². The van der Waals surface area contributed by atoms with Crippen LogP contribution >= 0.6 is 0 Å². The van der Waals surface area contributed by atoms with Crippen LogP contribution < -0.4 is 4.74 Å². The molecule has 0 unspecified atom stereocenters. The fraction of sp³-hybridized carbons (Fsp3) is 0.125. The Morgan fingerprint density at radius 2 is 1.17 bits per heavy atom. The number of phenols is 2. The summed E-state index contributed by atoms with van der Waals surface area (Å²) in [6.07, 6.45) is 0. The second-order valence-corrected chi connectivity index (χ2v) is 9.56. The maximum Gasteiger partial charge on any atom is 0.151 e. The molecule has 5 rings (SSSR count). The average Bonchev–Trinajstić information content (AvgIpc) is 2.97. The summed E-state index contributed by atoms with van der Waals surface area (Å²) in [6.45, 7) is 5.79. The highest BCUT2D eigenvalue weighted by molar-refractivity contribution is 5.95. The Morgan fingerprint density at radius 1 is 0.561 bits per heavy atom. The molecule has 0 aliphatic heterocycles. The average molecular weight is 545 g/mol. The quantitative estimate of drug-likeness (QED) is 0.198. The van der Waals surface area contributed by atoms with Crippen molar-refractivity contribution in [2.45, 2.75) is 20.8 Å². The van der Waals surface area contributed by atoms with Gasteiger partial charge >= 0.3 is 0 Å². The molecule has 5 aromatic carbocycles. The summed E-state index contributed by atoms with van der Waals surface area (Å²) < 4.78 is 5.55. The van der Waals surface area contributed by atoms with E-state index in [1.54, 1.807) is 49.6 Å². The van der Waals surface area contributed by atoms with Gasteiger partial charge < -0.3 is 14.9 Å². The molecule has 0 aliphatic carbocycles. The van der Waals surface area contributed by atoms with Crippen molar-refractivity contribution in [3.05, 3.63) is 102 Å². The molecule has 0 saturated carbocycles. The van der Waals surface area contributed by atoms with E-state index in [2.05, 4.69) is 30.7 Å². The third-order valence-corrected chi connectivity index (χ3v) is 6.45. The van der Waals surface area contributed by atoms with Crippen LogP contribution in [0.5, 0.6) is 17.2 Å². The Balaban J connectivity index is 1.41. The Hall–Kier alpha value is -5.44. The van der Waals surface area contributed by atoms with Crippen LogP contribution in [0.1, 0.15) is 16.7 Å². The van der Waals surface area contributed by atoms with Crippen molar-refractivity contribution in [3.63, 3.8) is 0 Å². The normalized spacial score (nSPS) is 11.8. The van der Waals surface area contributed by atoms with Gasteiger partial charge in [-0.15, -0.1) is 10.2 Å². The molecule has 0 bridgehead atoms. The summed E-state index contributed by atoms with van der Waals surface area (Å²) in [5.41, 5.74) is 6.26. The van der Waals surface area contributed by atoms with Gasteiger partial charge in [-0.3, -0.25) is 0 Å². The van der Waals surface area contributed by atoms with Crippen molar-refractivity contribution in [3.8, 4) is 17.2 Å². The van der Waals surface area contributed by atoms with Gasteiger partial charge in [-0.1, -0.05) is 17.7 Å². The third kappa shape index (κ3) is 6.25. The standard InChI is InChI=1S/C32H28N6O3/c1-19-5-7-23(8-6-19)34-36-28-18-30(41-4)29(16-20(28)2)37-38-31-21(3)15-22-17-25(11-14-27(22)32(31)40)35-33-24-9-12-26(39)13-10-24/h5-18,39-40H,1-4H3. The van der Waals surface area contributed by atoms with Crippen molar-refractivity contribution in [2.24, 2.45) is 30.7 Å². The van der Waals surface area contributed by atoms with E-state index in [-0.39, 0.29) is 11.5 Å². The lowest BCUT2D eigenvalue weighted by Gasteiger charge is -2.09. The molecular weight excluding hydrogens is 516 g/mol. The molecule has 0 heterocycles. The zero-order valence-corrected chi connectivity index (χ0v) is 23.1. The predicted molar refractivity (Wildman–Crippen MR) is 160 cm³/mol. The summed E-state index contributed by atoms with van der Waals surface area (Å²) in [6, 6.07) is 25.1. The highest BCUT2D eigenvalue weighted by Crippen LogP contribution is 2.42. The number of ether oxygens (including phenoxy) is 1. The molecule has 2 N–H and O–H groups in total. The summed E-state index contributed by atoms with van der Waals surface area (Å²) in [5, 5.41) is 47.9. The SMILES string of the molecule is COc1cc(N=Nc2ccc(C)cc2)c(C)cc1N=Nc1c(C)cc2cc(N=Nc3ccc(O)cc3)ccc2c1O. The van der Waals surface area contributed by atoms with Gasteiger partial charge in [0.25, 0.3) is 0 Å². The van der Waals surface area contributed by atoms with Crippen molar-refractivity contribution >= 4 is 44.9 Å². The number of methoxy groups -OCH3 is 1. The minimum Gasteiger partial charge on any atom is -0.508 e. The Kier molecular flexibility index (Phi) is 7.78. The van der Waals surface area contributed by atoms with E-state index in [1.165, 1.54) is 0 Å². The van der Waals surface area contributed by atoms with Gasteiger partial charge in [-0.25, -0.2) is 0 Å². The Morgan fingerprint density at radius 3 is 1.88 bits per heavy atom. The van der Waals surface area contributed by atoms with E-state index < -0.39 is 0 Å². The molecule has 5 aromatic rings. The van der Waals surface area contributed by atoms with Crippen LogP contribution in [0.4, 0.5) is 34.1 Å². The zero-order valence-electron chi connectivity index (χ0n) is 23.1. The molecule has 0 radical (unpaired) electrons. The lowest BCUT2D eigenvalue weighted by atomic mass is 10.0. The smallest absolute Gasteiger partial charge is 0.151 e. The number of benzene rings is 5. The largest absolute Gasteiger partial charge is 0.508 e. The molecule has 0 aromatic heterocycles. The maximum absolute atomic E-state index is 11.1. The molecule has 0 aliphatic rings. The van der Waals surface area contributed by atoms with E-state index in [9.17, 15) is 10.2 Å². The van der Waals surface area contributed by atoms with Crippen LogP contribution in [0.2, 0.25) is 0 Å². The van der Waals surface area contributed by atoms with Crippen molar-refractivity contribution in [1.29, 1.82) is 0 Å². The molecule has 0 atom stereocenters. The molecule has 0 amide bonds. The molecular formula is C32H28N6O3. The number of hydrogen-bond acceptors (Lipinski definition) is 9. The Bertz CT molecular complexity index is 1810. The van der Waals surface area contributed by atoms with E-state index in [1.807, 2.05) is 63.2 Å². The summed E-state index contributed by atoms with van der Waals surface area (Å²) >= 11 is 0. The van der Waals surface area contributed by atoms with Gasteiger partial charge in [-0.2, -0.15) is 20.5 Å². The van der Waals surface area contributed by atoms with E-state index in [4.69, 9.17) is 4.74 Å². The number of azo groups is 3. The highest BCUT2D eigenvalue weighted by Gasteiger charge is 2.13. The lowest BCUT2D eigenvalue weighted by Crippen LogP contribution is -1.85. The molecule has 0 saturated heterocycles. The number of nitrogens with zero attached hydrogens (tertiary/aromatic N) is 6. The second-order valence-electron chi connectivity index (χ2n) is 9.56. The van der Waals surface area contributed by atoms with E-state index in [0.717, 1.165) is 27.8 Å². The number of rotatable bonds is 7. The van der Waals surface area contributed by atoms with Crippen molar-refractivity contribution in [1.82, 2.24) is 0 Å². The zero-order chi connectivity index (χ0) is 28.9. The van der Waals surface area contributed by atoms with Crippen molar-refractivity contribution in [2.75, 3.05) is 7.11 Å². The van der Waals surface area contributed by atoms with Crippen LogP contribution in [-0.2, 0) is 0 Å². The van der Waals surface area contributed by atoms with Crippen LogP contribution in [0.25, 0.3) is 10.8 Å². The first kappa shape index (κ1) is 27.1. The molecule has 0 spiro atoms. The molecule has 41 heavy (non-hydrogen) atoms. The van der Waals surface area contributed by atoms with Gasteiger partial charge in [0.05, 0.1) is 29.9 Å².